The molecular weight excluding hydrogens is 261 g/mol. The van der Waals surface area contributed by atoms with Crippen LogP contribution in [0.25, 0.3) is 0 Å². The minimum atomic E-state index is -4.89. The molecule has 1 atom stereocenters. The molecule has 0 aromatic rings. The first-order valence-electron chi connectivity index (χ1n) is 5.45. The molecular formula is C10H14F5NO2. The monoisotopic (exact) mass is 275 g/mol. The van der Waals surface area contributed by atoms with Crippen LogP contribution in [-0.4, -0.2) is 41.8 Å². The van der Waals surface area contributed by atoms with Crippen LogP contribution in [0.3, 0.4) is 0 Å². The molecule has 0 aromatic heterocycles. The number of ether oxygens (including phenoxy) is 1. The normalized spacial score (nSPS) is 24.2. The fraction of sp³-hybridized carbons (Fsp3) is 0.900. The molecule has 1 aliphatic rings. The number of halogens is 5. The minimum Gasteiger partial charge on any atom is -0.447 e. The summed E-state index contributed by atoms with van der Waals surface area (Å²) in [5, 5.41) is 0. The van der Waals surface area contributed by atoms with Crippen molar-refractivity contribution in [1.29, 1.82) is 0 Å². The van der Waals surface area contributed by atoms with Crippen molar-refractivity contribution in [2.45, 2.75) is 50.9 Å². The standard InChI is InChI=1S/C10H14F5NO2/c1-6(2)18-8(17)16-4-3-9(11,12)5-7(16)10(13,14)15/h6-7H,3-5H2,1-2H3. The maximum Gasteiger partial charge on any atom is 0.410 e. The lowest BCUT2D eigenvalue weighted by molar-refractivity contribution is -0.212. The third kappa shape index (κ3) is 3.71. The van der Waals surface area contributed by atoms with Crippen LogP contribution in [0.15, 0.2) is 0 Å². The van der Waals surface area contributed by atoms with Gasteiger partial charge in [-0.1, -0.05) is 0 Å². The van der Waals surface area contributed by atoms with E-state index in [0.29, 0.717) is 4.90 Å². The number of piperidine rings is 1. The van der Waals surface area contributed by atoms with Gasteiger partial charge in [0.1, 0.15) is 6.04 Å². The number of hydrogen-bond acceptors (Lipinski definition) is 2. The first-order valence-corrected chi connectivity index (χ1v) is 5.45. The number of hydrogen-bond donors (Lipinski definition) is 0. The molecule has 1 rings (SSSR count). The second-order valence-electron chi connectivity index (χ2n) is 4.49. The van der Waals surface area contributed by atoms with Crippen LogP contribution in [0.4, 0.5) is 26.7 Å². The van der Waals surface area contributed by atoms with Gasteiger partial charge in [0.05, 0.1) is 6.10 Å². The Balaban J connectivity index is 2.86. The first-order chi connectivity index (χ1) is 8.03. The summed E-state index contributed by atoms with van der Waals surface area (Å²) in [7, 11) is 0. The van der Waals surface area contributed by atoms with Gasteiger partial charge >= 0.3 is 12.3 Å². The van der Waals surface area contributed by atoms with Crippen molar-refractivity contribution in [3.8, 4) is 0 Å². The Hall–Kier alpha value is -1.08. The van der Waals surface area contributed by atoms with Gasteiger partial charge in [-0.15, -0.1) is 0 Å². The topological polar surface area (TPSA) is 29.5 Å². The van der Waals surface area contributed by atoms with Gasteiger partial charge in [0.2, 0.25) is 0 Å². The average molecular weight is 275 g/mol. The molecule has 0 aliphatic carbocycles. The van der Waals surface area contributed by atoms with Gasteiger partial charge < -0.3 is 4.74 Å². The second-order valence-corrected chi connectivity index (χ2v) is 4.49. The summed E-state index contributed by atoms with van der Waals surface area (Å²) in [4.78, 5) is 11.8. The fourth-order valence-corrected chi connectivity index (χ4v) is 1.72. The first kappa shape index (κ1) is 15.0. The zero-order valence-electron chi connectivity index (χ0n) is 9.93. The van der Waals surface area contributed by atoms with Crippen molar-refractivity contribution in [1.82, 2.24) is 4.90 Å². The molecule has 1 saturated heterocycles. The Morgan fingerprint density at radius 2 is 1.94 bits per heavy atom. The summed E-state index contributed by atoms with van der Waals surface area (Å²) in [5.74, 6) is -3.41. The molecule has 0 bridgehead atoms. The van der Waals surface area contributed by atoms with Gasteiger partial charge in [-0.3, -0.25) is 4.90 Å². The van der Waals surface area contributed by atoms with Gasteiger partial charge in [0.15, 0.2) is 0 Å². The SMILES string of the molecule is CC(C)OC(=O)N1CCC(F)(F)CC1C(F)(F)F. The molecule has 3 nitrogen and oxygen atoms in total. The van der Waals surface area contributed by atoms with E-state index in [1.54, 1.807) is 0 Å². The molecule has 1 amide bonds. The van der Waals surface area contributed by atoms with Crippen LogP contribution in [0.2, 0.25) is 0 Å². The van der Waals surface area contributed by atoms with Crippen molar-refractivity contribution in [2.24, 2.45) is 0 Å². The highest BCUT2D eigenvalue weighted by Crippen LogP contribution is 2.39. The summed E-state index contributed by atoms with van der Waals surface area (Å²) < 4.78 is 68.6. The highest BCUT2D eigenvalue weighted by molar-refractivity contribution is 5.68. The van der Waals surface area contributed by atoms with Crippen molar-refractivity contribution in [2.75, 3.05) is 6.54 Å². The maximum atomic E-state index is 13.0. The van der Waals surface area contributed by atoms with Crippen molar-refractivity contribution >= 4 is 6.09 Å². The highest BCUT2D eigenvalue weighted by atomic mass is 19.4. The van der Waals surface area contributed by atoms with Crippen LogP contribution in [0.5, 0.6) is 0 Å². The summed E-state index contributed by atoms with van der Waals surface area (Å²) in [6.07, 6.45) is -8.90. The lowest BCUT2D eigenvalue weighted by Crippen LogP contribution is -2.56. The van der Waals surface area contributed by atoms with E-state index in [-0.39, 0.29) is 0 Å². The maximum absolute atomic E-state index is 13.0. The molecule has 8 heteroatoms. The van der Waals surface area contributed by atoms with E-state index in [1.165, 1.54) is 13.8 Å². The summed E-state index contributed by atoms with van der Waals surface area (Å²) in [6.45, 7) is 2.28. The molecule has 18 heavy (non-hydrogen) atoms. The average Bonchev–Trinajstić information content (AvgIpc) is 2.13. The van der Waals surface area contributed by atoms with E-state index in [4.69, 9.17) is 0 Å². The third-order valence-corrected chi connectivity index (χ3v) is 2.54. The van der Waals surface area contributed by atoms with Crippen LogP contribution < -0.4 is 0 Å². The molecule has 0 N–H and O–H groups in total. The van der Waals surface area contributed by atoms with Crippen molar-refractivity contribution < 1.29 is 31.5 Å². The number of rotatable bonds is 1. The molecule has 0 saturated carbocycles. The van der Waals surface area contributed by atoms with Crippen molar-refractivity contribution in [3.63, 3.8) is 0 Å². The summed E-state index contributed by atoms with van der Waals surface area (Å²) >= 11 is 0. The summed E-state index contributed by atoms with van der Waals surface area (Å²) in [5.41, 5.74) is 0. The van der Waals surface area contributed by atoms with E-state index < -0.39 is 49.7 Å². The van der Waals surface area contributed by atoms with Crippen LogP contribution in [0, 0.1) is 0 Å². The lowest BCUT2D eigenvalue weighted by Gasteiger charge is -2.39. The third-order valence-electron chi connectivity index (χ3n) is 2.54. The molecule has 0 radical (unpaired) electrons. The largest absolute Gasteiger partial charge is 0.447 e. The predicted octanol–water partition coefficient (Wildman–Crippen LogP) is 3.19. The van der Waals surface area contributed by atoms with E-state index in [2.05, 4.69) is 4.74 Å². The van der Waals surface area contributed by atoms with Crippen LogP contribution >= 0.6 is 0 Å². The Labute approximate surface area is 101 Å². The minimum absolute atomic E-state index is 0.331. The Bertz CT molecular complexity index is 316. The van der Waals surface area contributed by atoms with Gasteiger partial charge in [0.25, 0.3) is 5.92 Å². The number of nitrogens with zero attached hydrogens (tertiary/aromatic N) is 1. The lowest BCUT2D eigenvalue weighted by atomic mass is 9.98. The van der Waals surface area contributed by atoms with Gasteiger partial charge in [-0.25, -0.2) is 13.6 Å². The Kier molecular flexibility index (Phi) is 4.07. The molecule has 0 aromatic carbocycles. The fourth-order valence-electron chi connectivity index (χ4n) is 1.72. The second kappa shape index (κ2) is 4.89. The smallest absolute Gasteiger partial charge is 0.410 e. The predicted molar refractivity (Wildman–Crippen MR) is 52.3 cm³/mol. The van der Waals surface area contributed by atoms with E-state index in [0.717, 1.165) is 0 Å². The number of amides is 1. The highest BCUT2D eigenvalue weighted by Gasteiger charge is 2.54. The molecule has 1 fully saturated rings. The van der Waals surface area contributed by atoms with E-state index in [9.17, 15) is 26.7 Å². The zero-order chi connectivity index (χ0) is 14.1. The molecule has 1 unspecified atom stereocenters. The quantitative estimate of drug-likeness (QED) is 0.688. The Morgan fingerprint density at radius 1 is 1.39 bits per heavy atom. The summed E-state index contributed by atoms with van der Waals surface area (Å²) in [6, 6.07) is -2.49. The molecule has 1 heterocycles. The molecule has 1 aliphatic heterocycles. The molecule has 106 valence electrons. The number of carbonyl (C=O) groups is 1. The number of alkyl halides is 5. The van der Waals surface area contributed by atoms with E-state index >= 15 is 0 Å². The van der Waals surface area contributed by atoms with Crippen LogP contribution in [0.1, 0.15) is 26.7 Å². The van der Waals surface area contributed by atoms with Gasteiger partial charge in [-0.05, 0) is 13.8 Å². The zero-order valence-corrected chi connectivity index (χ0v) is 9.93. The van der Waals surface area contributed by atoms with E-state index in [1.807, 2.05) is 0 Å². The Morgan fingerprint density at radius 3 is 2.39 bits per heavy atom. The van der Waals surface area contributed by atoms with Crippen LogP contribution in [-0.2, 0) is 4.74 Å². The van der Waals surface area contributed by atoms with Gasteiger partial charge in [0, 0.05) is 19.4 Å². The van der Waals surface area contributed by atoms with Crippen molar-refractivity contribution in [3.05, 3.63) is 0 Å². The number of likely N-dealkylation sites (tertiary alicyclic amines) is 1. The number of carbonyl (C=O) groups excluding carboxylic acids is 1. The van der Waals surface area contributed by atoms with Gasteiger partial charge in [-0.2, -0.15) is 13.2 Å². The molecule has 0 spiro atoms.